The third kappa shape index (κ3) is 3.76. The Morgan fingerprint density at radius 1 is 1.18 bits per heavy atom. The number of benzene rings is 1. The topological polar surface area (TPSA) is 108 Å². The van der Waals surface area contributed by atoms with Crippen molar-refractivity contribution in [2.24, 2.45) is 23.5 Å². The predicted molar refractivity (Wildman–Crippen MR) is 133 cm³/mol. The summed E-state index contributed by atoms with van der Waals surface area (Å²) in [5, 5.41) is 11.9. The number of aromatic nitrogens is 2. The van der Waals surface area contributed by atoms with E-state index in [9.17, 15) is 9.18 Å². The molecule has 1 saturated carbocycles. The number of anilines is 4. The Bertz CT molecular complexity index is 1270. The van der Waals surface area contributed by atoms with Crippen LogP contribution in [0.15, 0.2) is 41.8 Å². The van der Waals surface area contributed by atoms with Crippen LogP contribution in [0, 0.1) is 23.6 Å². The molecule has 34 heavy (non-hydrogen) atoms. The number of hydrogen-bond donors (Lipinski definition) is 4. The fourth-order valence-corrected chi connectivity index (χ4v) is 6.24. The average Bonchev–Trinajstić information content (AvgIpc) is 3.56. The minimum absolute atomic E-state index is 0.101. The van der Waals surface area contributed by atoms with Gasteiger partial charge in [0.2, 0.25) is 11.9 Å². The molecule has 0 radical (unpaired) electrons. The van der Waals surface area contributed by atoms with E-state index in [4.69, 9.17) is 10.7 Å². The minimum atomic E-state index is -0.288. The zero-order valence-electron chi connectivity index (χ0n) is 18.5. The first-order valence-electron chi connectivity index (χ1n) is 11.6. The maximum atomic E-state index is 14.9. The van der Waals surface area contributed by atoms with Gasteiger partial charge >= 0.3 is 0 Å². The molecule has 1 aliphatic heterocycles. The van der Waals surface area contributed by atoms with Crippen molar-refractivity contribution >= 4 is 50.6 Å². The molecule has 0 spiro atoms. The first-order chi connectivity index (χ1) is 16.6. The Hall–Kier alpha value is -3.24. The fraction of sp³-hybridized carbons (Fsp3) is 0.375. The smallest absolute Gasteiger partial charge is 0.229 e. The van der Waals surface area contributed by atoms with Crippen molar-refractivity contribution in [3.05, 3.63) is 47.6 Å². The molecule has 2 unspecified atom stereocenters. The lowest BCUT2D eigenvalue weighted by Crippen LogP contribution is -2.43. The van der Waals surface area contributed by atoms with Crippen LogP contribution >= 0.6 is 11.3 Å². The van der Waals surface area contributed by atoms with Crippen LogP contribution in [-0.4, -0.2) is 48.1 Å². The minimum Gasteiger partial charge on any atom is -0.369 e. The highest BCUT2D eigenvalue weighted by molar-refractivity contribution is 7.17. The molecule has 1 aromatic carbocycles. The number of allylic oxidation sites excluding steroid dienone is 1. The van der Waals surface area contributed by atoms with Crippen LogP contribution in [0.4, 0.5) is 27.5 Å². The number of carbonyl (C=O) groups is 1. The molecule has 2 bridgehead atoms. The lowest BCUT2D eigenvalue weighted by atomic mass is 9.88. The molecule has 10 heteroatoms. The number of rotatable bonds is 6. The fourth-order valence-electron chi connectivity index (χ4n) is 5.46. The molecule has 8 nitrogen and oxygen atoms in total. The number of fused-ring (bicyclic) bond motifs is 3. The van der Waals surface area contributed by atoms with Gasteiger partial charge in [-0.1, -0.05) is 12.2 Å². The first-order valence-corrected chi connectivity index (χ1v) is 12.5. The largest absolute Gasteiger partial charge is 0.369 e. The van der Waals surface area contributed by atoms with Crippen LogP contribution in [0.5, 0.6) is 0 Å². The Balaban J connectivity index is 1.27. The van der Waals surface area contributed by atoms with Crippen LogP contribution in [0.3, 0.4) is 0 Å². The summed E-state index contributed by atoms with van der Waals surface area (Å²) < 4.78 is 15.8. The van der Waals surface area contributed by atoms with Crippen molar-refractivity contribution in [3.8, 4) is 0 Å². The van der Waals surface area contributed by atoms with Crippen LogP contribution < -0.4 is 26.6 Å². The molecule has 176 valence electrons. The van der Waals surface area contributed by atoms with Gasteiger partial charge in [-0.3, -0.25) is 4.79 Å². The Morgan fingerprint density at radius 3 is 2.79 bits per heavy atom. The highest BCUT2D eigenvalue weighted by Crippen LogP contribution is 2.45. The Kier molecular flexibility index (Phi) is 5.34. The quantitative estimate of drug-likeness (QED) is 0.403. The van der Waals surface area contributed by atoms with Gasteiger partial charge < -0.3 is 26.6 Å². The van der Waals surface area contributed by atoms with E-state index in [1.807, 2.05) is 22.4 Å². The van der Waals surface area contributed by atoms with Crippen LogP contribution in [-0.2, 0) is 4.79 Å². The van der Waals surface area contributed by atoms with E-state index in [2.05, 4.69) is 33.1 Å². The second-order valence-electron chi connectivity index (χ2n) is 9.11. The van der Waals surface area contributed by atoms with E-state index in [-0.39, 0.29) is 35.5 Å². The SMILES string of the molecule is NC(=O)[C@H]1C2C=CC(C2)[C@H]1Nc1nc(Nc2ccc(N3CCNCC3)c(F)c2)nc2ccsc12. The maximum Gasteiger partial charge on any atom is 0.229 e. The van der Waals surface area contributed by atoms with Crippen LogP contribution in [0.25, 0.3) is 10.2 Å². The number of primary amides is 1. The molecule has 3 heterocycles. The third-order valence-corrected chi connectivity index (χ3v) is 7.97. The highest BCUT2D eigenvalue weighted by atomic mass is 32.1. The molecule has 3 aromatic rings. The normalized spacial score (nSPS) is 25.7. The van der Waals surface area contributed by atoms with E-state index in [0.29, 0.717) is 23.1 Å². The number of amides is 1. The molecule has 2 aromatic heterocycles. The molecular weight excluding hydrogens is 453 g/mol. The van der Waals surface area contributed by atoms with Gasteiger partial charge in [-0.25, -0.2) is 9.37 Å². The number of thiophene rings is 1. The van der Waals surface area contributed by atoms with Crippen LogP contribution in [0.2, 0.25) is 0 Å². The van der Waals surface area contributed by atoms with Gasteiger partial charge in [0.25, 0.3) is 0 Å². The first kappa shape index (κ1) is 21.3. The van der Waals surface area contributed by atoms with Gasteiger partial charge in [0.05, 0.1) is 21.8 Å². The number of piperazine rings is 1. The molecule has 3 aliphatic rings. The van der Waals surface area contributed by atoms with E-state index in [0.717, 1.165) is 42.8 Å². The molecule has 4 atom stereocenters. The Labute approximate surface area is 200 Å². The number of carbonyl (C=O) groups excluding carboxylic acids is 1. The summed E-state index contributed by atoms with van der Waals surface area (Å²) >= 11 is 1.54. The van der Waals surface area contributed by atoms with E-state index >= 15 is 0 Å². The third-order valence-electron chi connectivity index (χ3n) is 7.06. The zero-order valence-corrected chi connectivity index (χ0v) is 19.3. The van der Waals surface area contributed by atoms with Gasteiger partial charge in [0.1, 0.15) is 11.6 Å². The molecule has 6 rings (SSSR count). The summed E-state index contributed by atoms with van der Waals surface area (Å²) in [6.07, 6.45) is 5.19. The standard InChI is InChI=1S/C24H26FN7OS/c25-16-12-15(3-4-18(16)32-8-6-27-7-9-32)28-24-29-17-5-10-34-21(17)23(31-24)30-20-14-2-1-13(11-14)19(20)22(26)33/h1-5,10,12-14,19-20,27H,6-9,11H2,(H2,26,33)(H2,28,29,30,31)/t13?,14?,19-,20+/m0/s1. The van der Waals surface area contributed by atoms with Crippen molar-refractivity contribution < 1.29 is 9.18 Å². The van der Waals surface area contributed by atoms with E-state index in [1.54, 1.807) is 17.4 Å². The zero-order chi connectivity index (χ0) is 23.2. The number of hydrogen-bond acceptors (Lipinski definition) is 8. The summed E-state index contributed by atoms with van der Waals surface area (Å²) in [5.41, 5.74) is 7.71. The van der Waals surface area contributed by atoms with Gasteiger partial charge in [-0.05, 0) is 47.9 Å². The molecule has 2 aliphatic carbocycles. The van der Waals surface area contributed by atoms with Gasteiger partial charge in [-0.2, -0.15) is 4.98 Å². The van der Waals surface area contributed by atoms with Crippen LogP contribution in [0.1, 0.15) is 6.42 Å². The second-order valence-corrected chi connectivity index (χ2v) is 10.0. The molecule has 1 saturated heterocycles. The lowest BCUT2D eigenvalue weighted by Gasteiger charge is -2.29. The maximum absolute atomic E-state index is 14.9. The second kappa shape index (κ2) is 8.52. The van der Waals surface area contributed by atoms with Gasteiger partial charge in [0.15, 0.2) is 0 Å². The molecule has 5 N–H and O–H groups in total. The van der Waals surface area contributed by atoms with Crippen molar-refractivity contribution in [2.75, 3.05) is 41.7 Å². The average molecular weight is 480 g/mol. The highest BCUT2D eigenvalue weighted by Gasteiger charge is 2.47. The summed E-state index contributed by atoms with van der Waals surface area (Å²) in [5.74, 6) is 0.632. The summed E-state index contributed by atoms with van der Waals surface area (Å²) in [6, 6.07) is 6.95. The van der Waals surface area contributed by atoms with Gasteiger partial charge in [-0.15, -0.1) is 11.3 Å². The van der Waals surface area contributed by atoms with Crippen molar-refractivity contribution in [1.29, 1.82) is 0 Å². The summed E-state index contributed by atoms with van der Waals surface area (Å²) in [4.78, 5) is 23.5. The summed E-state index contributed by atoms with van der Waals surface area (Å²) in [7, 11) is 0. The van der Waals surface area contributed by atoms with E-state index < -0.39 is 0 Å². The Morgan fingerprint density at radius 2 is 2.00 bits per heavy atom. The lowest BCUT2D eigenvalue weighted by molar-refractivity contribution is -0.122. The number of halogens is 1. The number of nitrogens with one attached hydrogen (secondary N) is 3. The predicted octanol–water partition coefficient (Wildman–Crippen LogP) is 3.07. The van der Waals surface area contributed by atoms with Gasteiger partial charge in [0, 0.05) is 37.9 Å². The van der Waals surface area contributed by atoms with E-state index in [1.165, 1.54) is 6.07 Å². The molecule has 2 fully saturated rings. The number of nitrogens with zero attached hydrogens (tertiary/aromatic N) is 3. The monoisotopic (exact) mass is 479 g/mol. The van der Waals surface area contributed by atoms with Crippen molar-refractivity contribution in [1.82, 2.24) is 15.3 Å². The van der Waals surface area contributed by atoms with Crippen molar-refractivity contribution in [2.45, 2.75) is 12.5 Å². The molecule has 1 amide bonds. The van der Waals surface area contributed by atoms with Crippen molar-refractivity contribution in [3.63, 3.8) is 0 Å². The number of nitrogens with two attached hydrogens (primary N) is 1. The summed E-state index contributed by atoms with van der Waals surface area (Å²) in [6.45, 7) is 3.25. The molecular formula is C24H26FN7OS.